The molecule has 0 amide bonds. The van der Waals surface area contributed by atoms with E-state index in [2.05, 4.69) is 11.9 Å². The summed E-state index contributed by atoms with van der Waals surface area (Å²) < 4.78 is 1.90. The Kier molecular flexibility index (Phi) is 4.69. The molecule has 0 spiro atoms. The van der Waals surface area contributed by atoms with Crippen LogP contribution in [0.4, 0.5) is 0 Å². The molecule has 2 N–H and O–H groups in total. The number of hydrogen-bond acceptors (Lipinski definition) is 3. The molecule has 2 atom stereocenters. The van der Waals surface area contributed by atoms with Gasteiger partial charge in [-0.1, -0.05) is 44.2 Å². The first-order valence-electron chi connectivity index (χ1n) is 7.01. The lowest BCUT2D eigenvalue weighted by molar-refractivity contribution is 0.0897. The van der Waals surface area contributed by atoms with Gasteiger partial charge in [-0.25, -0.2) is 4.98 Å². The molecule has 0 aliphatic heterocycles. The Morgan fingerprint density at radius 3 is 2.70 bits per heavy atom. The smallest absolute Gasteiger partial charge is 0.202 e. The van der Waals surface area contributed by atoms with Gasteiger partial charge in [-0.2, -0.15) is 0 Å². The van der Waals surface area contributed by atoms with Crippen molar-refractivity contribution in [1.29, 1.82) is 0 Å². The Morgan fingerprint density at radius 1 is 1.35 bits per heavy atom. The van der Waals surface area contributed by atoms with Gasteiger partial charge in [0.15, 0.2) is 5.82 Å². The molecule has 1 aromatic carbocycles. The number of carbonyl (C=O) groups excluding carboxylic acids is 1. The largest absolute Gasteiger partial charge is 0.329 e. The van der Waals surface area contributed by atoms with E-state index in [0.717, 1.165) is 18.5 Å². The normalized spacial score (nSPS) is 13.9. The maximum absolute atomic E-state index is 12.6. The molecule has 0 saturated heterocycles. The van der Waals surface area contributed by atoms with Crippen molar-refractivity contribution < 1.29 is 4.79 Å². The van der Waals surface area contributed by atoms with E-state index < -0.39 is 0 Å². The van der Waals surface area contributed by atoms with E-state index in [1.54, 1.807) is 6.20 Å². The van der Waals surface area contributed by atoms with Gasteiger partial charge in [0, 0.05) is 30.9 Å². The minimum absolute atomic E-state index is 0.000182. The van der Waals surface area contributed by atoms with Gasteiger partial charge in [-0.3, -0.25) is 4.79 Å². The van der Waals surface area contributed by atoms with Crippen LogP contribution < -0.4 is 5.73 Å². The molecule has 0 aliphatic rings. The third-order valence-corrected chi connectivity index (χ3v) is 3.54. The second-order valence-electron chi connectivity index (χ2n) is 5.03. The van der Waals surface area contributed by atoms with Crippen LogP contribution in [0.5, 0.6) is 0 Å². The van der Waals surface area contributed by atoms with Gasteiger partial charge < -0.3 is 10.3 Å². The van der Waals surface area contributed by atoms with Gasteiger partial charge in [-0.05, 0) is 12.0 Å². The van der Waals surface area contributed by atoms with E-state index in [4.69, 9.17) is 5.73 Å². The van der Waals surface area contributed by atoms with Crippen molar-refractivity contribution in [1.82, 2.24) is 9.55 Å². The van der Waals surface area contributed by atoms with Gasteiger partial charge >= 0.3 is 0 Å². The van der Waals surface area contributed by atoms with Crippen LogP contribution in [0.2, 0.25) is 0 Å². The van der Waals surface area contributed by atoms with Crippen molar-refractivity contribution in [2.45, 2.75) is 32.9 Å². The summed E-state index contributed by atoms with van der Waals surface area (Å²) in [4.78, 5) is 16.7. The second kappa shape index (κ2) is 6.48. The average Bonchev–Trinajstić information content (AvgIpc) is 2.94. The Labute approximate surface area is 119 Å². The van der Waals surface area contributed by atoms with Crippen molar-refractivity contribution in [3.8, 4) is 0 Å². The Bertz CT molecular complexity index is 562. The van der Waals surface area contributed by atoms with Gasteiger partial charge in [0.25, 0.3) is 0 Å². The second-order valence-corrected chi connectivity index (χ2v) is 5.03. The molecule has 0 bridgehead atoms. The number of ketones is 1. The molecule has 1 aromatic heterocycles. The highest BCUT2D eigenvalue weighted by Crippen LogP contribution is 2.22. The number of imidazole rings is 1. The first-order valence-corrected chi connectivity index (χ1v) is 7.01. The number of rotatable bonds is 6. The molecule has 1 heterocycles. The van der Waals surface area contributed by atoms with E-state index in [1.165, 1.54) is 0 Å². The summed E-state index contributed by atoms with van der Waals surface area (Å²) in [5.41, 5.74) is 7.19. The third-order valence-electron chi connectivity index (χ3n) is 3.54. The first-order chi connectivity index (χ1) is 9.65. The van der Waals surface area contributed by atoms with Crippen LogP contribution in [0.15, 0.2) is 42.7 Å². The Hall–Kier alpha value is -1.94. The number of nitrogens with two attached hydrogens (primary N) is 1. The van der Waals surface area contributed by atoms with Crippen LogP contribution >= 0.6 is 0 Å². The van der Waals surface area contributed by atoms with Gasteiger partial charge in [0.1, 0.15) is 0 Å². The van der Waals surface area contributed by atoms with Crippen molar-refractivity contribution in [2.24, 2.45) is 11.7 Å². The van der Waals surface area contributed by atoms with E-state index in [1.807, 2.05) is 48.0 Å². The molecule has 0 radical (unpaired) electrons. The Morgan fingerprint density at radius 2 is 2.05 bits per heavy atom. The highest BCUT2D eigenvalue weighted by atomic mass is 16.1. The molecular formula is C16H21N3O. The molecule has 4 nitrogen and oxygen atoms in total. The van der Waals surface area contributed by atoms with Crippen molar-refractivity contribution in [3.05, 3.63) is 54.1 Å². The fourth-order valence-corrected chi connectivity index (χ4v) is 2.29. The molecule has 0 aliphatic carbocycles. The molecule has 0 saturated carbocycles. The van der Waals surface area contributed by atoms with Crippen LogP contribution in [0.25, 0.3) is 0 Å². The number of hydrogen-bond donors (Lipinski definition) is 1. The summed E-state index contributed by atoms with van der Waals surface area (Å²) >= 11 is 0. The highest BCUT2D eigenvalue weighted by molar-refractivity contribution is 5.95. The van der Waals surface area contributed by atoms with Gasteiger partial charge in [0.2, 0.25) is 5.78 Å². The molecule has 20 heavy (non-hydrogen) atoms. The van der Waals surface area contributed by atoms with Crippen molar-refractivity contribution in [3.63, 3.8) is 0 Å². The number of Topliss-reactive ketones (excluding diaryl/α,β-unsaturated/α-hetero) is 1. The van der Waals surface area contributed by atoms with E-state index in [9.17, 15) is 4.79 Å². The lowest BCUT2D eigenvalue weighted by Gasteiger charge is -2.19. The third kappa shape index (κ3) is 2.96. The zero-order valence-electron chi connectivity index (χ0n) is 12.0. The zero-order valence-corrected chi connectivity index (χ0v) is 12.0. The fourth-order valence-electron chi connectivity index (χ4n) is 2.29. The van der Waals surface area contributed by atoms with Gasteiger partial charge in [-0.15, -0.1) is 0 Å². The van der Waals surface area contributed by atoms with E-state index >= 15 is 0 Å². The maximum Gasteiger partial charge on any atom is 0.202 e. The fraction of sp³-hybridized carbons (Fsp3) is 0.375. The van der Waals surface area contributed by atoms with Crippen LogP contribution in [0, 0.1) is 5.92 Å². The topological polar surface area (TPSA) is 60.9 Å². The molecule has 2 aromatic rings. The molecule has 4 heteroatoms. The molecule has 2 unspecified atom stereocenters. The molecule has 106 valence electrons. The van der Waals surface area contributed by atoms with Gasteiger partial charge in [0.05, 0.1) is 0 Å². The predicted molar refractivity (Wildman–Crippen MR) is 79.4 cm³/mol. The SMILES string of the molecule is CCCn1ccnc1C(=O)C(C)C(N)c1ccccc1. The Balaban J connectivity index is 2.18. The lowest BCUT2D eigenvalue weighted by Crippen LogP contribution is -2.28. The average molecular weight is 271 g/mol. The summed E-state index contributed by atoms with van der Waals surface area (Å²) in [6, 6.07) is 9.40. The summed E-state index contributed by atoms with van der Waals surface area (Å²) in [7, 11) is 0. The standard InChI is InChI=1S/C16H21N3O/c1-3-10-19-11-9-18-16(19)15(20)12(2)14(17)13-7-5-4-6-8-13/h4-9,11-12,14H,3,10,17H2,1-2H3. The number of carbonyl (C=O) groups is 1. The zero-order chi connectivity index (χ0) is 14.5. The van der Waals surface area contributed by atoms with Crippen molar-refractivity contribution in [2.75, 3.05) is 0 Å². The summed E-state index contributed by atoms with van der Waals surface area (Å²) in [6.45, 7) is 4.74. The summed E-state index contributed by atoms with van der Waals surface area (Å²) in [6.07, 6.45) is 4.48. The number of aromatic nitrogens is 2. The minimum Gasteiger partial charge on any atom is -0.329 e. The quantitative estimate of drug-likeness (QED) is 0.822. The maximum atomic E-state index is 12.6. The minimum atomic E-state index is -0.310. The van der Waals surface area contributed by atoms with Crippen LogP contribution in [0.1, 0.15) is 42.5 Å². The number of aryl methyl sites for hydroxylation is 1. The first kappa shape index (κ1) is 14.5. The van der Waals surface area contributed by atoms with E-state index in [0.29, 0.717) is 5.82 Å². The van der Waals surface area contributed by atoms with Crippen molar-refractivity contribution >= 4 is 5.78 Å². The summed E-state index contributed by atoms with van der Waals surface area (Å²) in [5, 5.41) is 0. The highest BCUT2D eigenvalue weighted by Gasteiger charge is 2.26. The monoisotopic (exact) mass is 271 g/mol. The summed E-state index contributed by atoms with van der Waals surface area (Å²) in [5.74, 6) is 0.209. The van der Waals surface area contributed by atoms with Crippen LogP contribution in [0.3, 0.4) is 0 Å². The molecule has 0 fully saturated rings. The van der Waals surface area contributed by atoms with E-state index in [-0.39, 0.29) is 17.7 Å². The number of nitrogens with zero attached hydrogens (tertiary/aromatic N) is 2. The predicted octanol–water partition coefficient (Wildman–Crippen LogP) is 2.81. The van der Waals surface area contributed by atoms with Crippen LogP contribution in [-0.4, -0.2) is 15.3 Å². The molecular weight excluding hydrogens is 250 g/mol. The van der Waals surface area contributed by atoms with Crippen LogP contribution in [-0.2, 0) is 6.54 Å². The lowest BCUT2D eigenvalue weighted by atomic mass is 9.91. The number of benzene rings is 1. The molecule has 2 rings (SSSR count).